The molecule has 7 heteroatoms. The van der Waals surface area contributed by atoms with Crippen LogP contribution in [0.1, 0.15) is 19.4 Å². The summed E-state index contributed by atoms with van der Waals surface area (Å²) in [6.07, 6.45) is 0. The lowest BCUT2D eigenvalue weighted by Gasteiger charge is -2.15. The molecular weight excluding hydrogens is 366 g/mol. The van der Waals surface area contributed by atoms with Gasteiger partial charge in [0.25, 0.3) is 5.91 Å². The lowest BCUT2D eigenvalue weighted by atomic mass is 10.1. The number of thiocarbonyl (C=S) groups is 1. The van der Waals surface area contributed by atoms with E-state index in [4.69, 9.17) is 18.0 Å². The topological polar surface area (TPSA) is 75.4 Å². The molecule has 5 nitrogen and oxygen atoms in total. The smallest absolute Gasteiger partial charge is 0.271 e. The van der Waals surface area contributed by atoms with Crippen LogP contribution >= 0.6 is 24.0 Å². The van der Waals surface area contributed by atoms with Crippen molar-refractivity contribution >= 4 is 62.7 Å². The van der Waals surface area contributed by atoms with Crippen molar-refractivity contribution in [3.05, 3.63) is 59.0 Å². The average Bonchev–Trinajstić information content (AvgIpc) is 2.89. The van der Waals surface area contributed by atoms with Gasteiger partial charge in [0.15, 0.2) is 4.32 Å². The fraction of sp³-hybridized carbons (Fsp3) is 0.105. The predicted octanol–water partition coefficient (Wildman–Crippen LogP) is 4.02. The quantitative estimate of drug-likeness (QED) is 0.476. The number of hydrogen-bond acceptors (Lipinski definition) is 5. The van der Waals surface area contributed by atoms with Gasteiger partial charge in [-0.15, -0.1) is 0 Å². The highest BCUT2D eigenvalue weighted by Gasteiger charge is 2.34. The van der Waals surface area contributed by atoms with Gasteiger partial charge in [-0.3, -0.25) is 14.5 Å². The number of anilines is 3. The van der Waals surface area contributed by atoms with Crippen LogP contribution in [0.3, 0.4) is 0 Å². The average molecular weight is 383 g/mol. The molecule has 0 atom stereocenters. The third kappa shape index (κ3) is 3.63. The van der Waals surface area contributed by atoms with Crippen molar-refractivity contribution in [2.75, 3.05) is 16.0 Å². The Morgan fingerprint density at radius 2 is 1.85 bits per heavy atom. The molecule has 0 aliphatic carbocycles. The zero-order valence-electron chi connectivity index (χ0n) is 14.3. The first-order chi connectivity index (χ1) is 12.4. The lowest BCUT2D eigenvalue weighted by molar-refractivity contribution is -0.114. The number of nitrogens with one attached hydrogen (secondary N) is 1. The Labute approximate surface area is 161 Å². The summed E-state index contributed by atoms with van der Waals surface area (Å²) in [6.45, 7) is 3.33. The van der Waals surface area contributed by atoms with Crippen molar-refractivity contribution in [2.45, 2.75) is 13.8 Å². The minimum absolute atomic E-state index is 0.149. The third-order valence-electron chi connectivity index (χ3n) is 3.88. The third-order valence-corrected chi connectivity index (χ3v) is 5.35. The molecule has 0 radical (unpaired) electrons. The number of hydrogen-bond donors (Lipinski definition) is 2. The summed E-state index contributed by atoms with van der Waals surface area (Å²) in [5, 5.41) is 2.70. The highest BCUT2D eigenvalue weighted by Crippen LogP contribution is 2.39. The maximum atomic E-state index is 12.9. The number of rotatable bonds is 3. The molecule has 0 spiro atoms. The zero-order chi connectivity index (χ0) is 18.8. The molecule has 1 fully saturated rings. The molecule has 1 heterocycles. The molecule has 132 valence electrons. The van der Waals surface area contributed by atoms with Crippen LogP contribution in [-0.2, 0) is 9.59 Å². The van der Waals surface area contributed by atoms with Gasteiger partial charge in [-0.1, -0.05) is 36.1 Å². The molecule has 0 bridgehead atoms. The van der Waals surface area contributed by atoms with E-state index in [9.17, 15) is 9.59 Å². The Morgan fingerprint density at radius 1 is 1.15 bits per heavy atom. The zero-order valence-corrected chi connectivity index (χ0v) is 15.9. The number of nitrogens with zero attached hydrogens (tertiary/aromatic N) is 1. The summed E-state index contributed by atoms with van der Waals surface area (Å²) in [6, 6.07) is 14.4. The van der Waals surface area contributed by atoms with Gasteiger partial charge in [0.2, 0.25) is 5.91 Å². The van der Waals surface area contributed by atoms with Gasteiger partial charge >= 0.3 is 0 Å². The normalized spacial score (nSPS) is 16.0. The monoisotopic (exact) mass is 383 g/mol. The Morgan fingerprint density at radius 3 is 2.46 bits per heavy atom. The van der Waals surface area contributed by atoms with E-state index >= 15 is 0 Å². The second kappa shape index (κ2) is 7.31. The van der Waals surface area contributed by atoms with Gasteiger partial charge in [0.05, 0.1) is 10.6 Å². The molecule has 1 aliphatic rings. The summed E-state index contributed by atoms with van der Waals surface area (Å²) in [5.41, 5.74) is 9.55. The number of thioether (sulfide) groups is 1. The number of benzene rings is 2. The maximum absolute atomic E-state index is 12.9. The number of nitrogen functional groups attached to an aromatic ring is 1. The summed E-state index contributed by atoms with van der Waals surface area (Å²) in [7, 11) is 0. The molecular formula is C19H17N3O2S2. The highest BCUT2D eigenvalue weighted by atomic mass is 32.2. The second-order valence-corrected chi connectivity index (χ2v) is 7.46. The summed E-state index contributed by atoms with van der Waals surface area (Å²) in [4.78, 5) is 26.1. The molecule has 0 unspecified atom stereocenters. The summed E-state index contributed by atoms with van der Waals surface area (Å²) in [5.74, 6) is -0.309. The summed E-state index contributed by atoms with van der Waals surface area (Å²) < 4.78 is 0.473. The van der Waals surface area contributed by atoms with Crippen LogP contribution in [0.2, 0.25) is 0 Å². The molecule has 1 saturated heterocycles. The van der Waals surface area contributed by atoms with Crippen LogP contribution < -0.4 is 16.0 Å². The largest absolute Gasteiger partial charge is 0.399 e. The molecule has 0 aromatic heterocycles. The van der Waals surface area contributed by atoms with E-state index in [1.54, 1.807) is 30.3 Å². The van der Waals surface area contributed by atoms with Crippen molar-refractivity contribution in [1.29, 1.82) is 0 Å². The molecule has 2 aromatic carbocycles. The predicted molar refractivity (Wildman–Crippen MR) is 112 cm³/mol. The van der Waals surface area contributed by atoms with E-state index in [1.807, 2.05) is 25.1 Å². The first-order valence-corrected chi connectivity index (χ1v) is 9.10. The Bertz CT molecular complexity index is 936. The van der Waals surface area contributed by atoms with Gasteiger partial charge in [0, 0.05) is 18.3 Å². The fourth-order valence-electron chi connectivity index (χ4n) is 2.62. The van der Waals surface area contributed by atoms with Crippen LogP contribution in [0.4, 0.5) is 17.1 Å². The molecule has 2 aromatic rings. The molecule has 26 heavy (non-hydrogen) atoms. The van der Waals surface area contributed by atoms with Crippen LogP contribution in [0, 0.1) is 0 Å². The number of amides is 2. The van der Waals surface area contributed by atoms with Crippen molar-refractivity contribution < 1.29 is 9.59 Å². The van der Waals surface area contributed by atoms with Crippen molar-refractivity contribution in [1.82, 2.24) is 0 Å². The summed E-state index contributed by atoms with van der Waals surface area (Å²) >= 11 is 6.69. The Balaban J connectivity index is 1.91. The molecule has 0 saturated carbocycles. The number of carbonyl (C=O) groups is 2. The number of allylic oxidation sites excluding steroid dienone is 1. The number of nitrogens with two attached hydrogens (primary N) is 1. The van der Waals surface area contributed by atoms with E-state index in [1.165, 1.54) is 23.6 Å². The van der Waals surface area contributed by atoms with Crippen molar-refractivity contribution in [3.8, 4) is 0 Å². The van der Waals surface area contributed by atoms with E-state index < -0.39 is 0 Å². The molecule has 1 aliphatic heterocycles. The first-order valence-electron chi connectivity index (χ1n) is 7.87. The SMILES string of the molecule is CC(=O)Nc1ccc(N2C(=O)/C(=C(\C)c3cccc(N)c3)SC2=S)cc1. The van der Waals surface area contributed by atoms with Crippen LogP contribution in [0.25, 0.3) is 5.57 Å². The van der Waals surface area contributed by atoms with Gasteiger partial charge < -0.3 is 11.1 Å². The minimum atomic E-state index is -0.160. The number of carbonyl (C=O) groups excluding carboxylic acids is 2. The maximum Gasteiger partial charge on any atom is 0.271 e. The Hall–Kier alpha value is -2.64. The van der Waals surface area contributed by atoms with Gasteiger partial charge in [-0.05, 0) is 54.5 Å². The minimum Gasteiger partial charge on any atom is -0.399 e. The Kier molecular flexibility index (Phi) is 5.11. The van der Waals surface area contributed by atoms with E-state index in [-0.39, 0.29) is 11.8 Å². The molecule has 3 N–H and O–H groups in total. The molecule has 3 rings (SSSR count). The lowest BCUT2D eigenvalue weighted by Crippen LogP contribution is -2.27. The van der Waals surface area contributed by atoms with Gasteiger partial charge in [0.1, 0.15) is 0 Å². The van der Waals surface area contributed by atoms with Crippen LogP contribution in [0.15, 0.2) is 53.4 Å². The first kappa shape index (κ1) is 18.2. The van der Waals surface area contributed by atoms with Crippen molar-refractivity contribution in [2.24, 2.45) is 0 Å². The standard InChI is InChI=1S/C19H17N3O2S2/c1-11(13-4-3-5-14(20)10-13)17-18(24)22(19(25)26-17)16-8-6-15(7-9-16)21-12(2)23/h3-10H,20H2,1-2H3,(H,21,23)/b17-11-. The van der Waals surface area contributed by atoms with Gasteiger partial charge in [-0.25, -0.2) is 0 Å². The van der Waals surface area contributed by atoms with E-state index in [0.717, 1.165) is 11.1 Å². The fourth-order valence-corrected chi connectivity index (χ4v) is 3.96. The van der Waals surface area contributed by atoms with Crippen molar-refractivity contribution in [3.63, 3.8) is 0 Å². The van der Waals surface area contributed by atoms with E-state index in [0.29, 0.717) is 26.3 Å². The van der Waals surface area contributed by atoms with E-state index in [2.05, 4.69) is 5.32 Å². The van der Waals surface area contributed by atoms with Crippen LogP contribution in [0.5, 0.6) is 0 Å². The second-order valence-electron chi connectivity index (χ2n) is 5.82. The highest BCUT2D eigenvalue weighted by molar-refractivity contribution is 8.27. The van der Waals surface area contributed by atoms with Gasteiger partial charge in [-0.2, -0.15) is 0 Å². The van der Waals surface area contributed by atoms with Crippen LogP contribution in [-0.4, -0.2) is 16.1 Å². The molecule has 2 amide bonds.